The molecular formula is C62H60N2O20. The van der Waals surface area contributed by atoms with E-state index in [4.69, 9.17) is 42.6 Å². The smallest absolute Gasteiger partial charge is 0.455 e. The first-order valence-corrected chi connectivity index (χ1v) is 26.8. The first-order chi connectivity index (χ1) is 40.0. The molecular weight excluding hydrogens is 1090 g/mol. The van der Waals surface area contributed by atoms with Gasteiger partial charge in [-0.15, -0.1) is 0 Å². The van der Waals surface area contributed by atoms with Gasteiger partial charge in [-0.3, -0.25) is 29.3 Å². The summed E-state index contributed by atoms with van der Waals surface area (Å²) in [4.78, 5) is 127. The van der Waals surface area contributed by atoms with Crippen LogP contribution in [0.3, 0.4) is 0 Å². The highest BCUT2D eigenvalue weighted by Crippen LogP contribution is 2.65. The van der Waals surface area contributed by atoms with Crippen LogP contribution >= 0.6 is 0 Å². The second kappa shape index (κ2) is 23.9. The average Bonchev–Trinajstić information content (AvgIpc) is 0.754. The monoisotopic (exact) mass is 1150 g/mol. The molecule has 1 saturated heterocycles. The van der Waals surface area contributed by atoms with Gasteiger partial charge in [0, 0.05) is 49.8 Å². The van der Waals surface area contributed by atoms with Gasteiger partial charge < -0.3 is 53.1 Å². The van der Waals surface area contributed by atoms with E-state index in [0.29, 0.717) is 5.56 Å². The summed E-state index contributed by atoms with van der Waals surface area (Å²) in [5, 5.41) is 28.5. The number of nitro benzene ring substituents is 1. The van der Waals surface area contributed by atoms with Gasteiger partial charge in [0.05, 0.1) is 28.4 Å². The number of amides is 1. The van der Waals surface area contributed by atoms with Crippen LogP contribution in [0.5, 0.6) is 5.75 Å². The molecule has 3 fully saturated rings. The van der Waals surface area contributed by atoms with Crippen molar-refractivity contribution in [3.63, 3.8) is 0 Å². The van der Waals surface area contributed by atoms with E-state index in [1.807, 2.05) is 0 Å². The first kappa shape index (κ1) is 59.3. The Bertz CT molecular complexity index is 3380. The lowest BCUT2D eigenvalue weighted by molar-refractivity contribution is -0.384. The molecule has 438 valence electrons. The minimum atomic E-state index is -2.64. The molecule has 5 aromatic rings. The molecule has 4 aliphatic rings. The molecule has 0 aromatic heterocycles. The summed E-state index contributed by atoms with van der Waals surface area (Å²) in [6, 6.07) is 35.1. The standard InChI is InChI=1S/C62H60N2O20/c1-35-44(80-56(70)50(82-57(71)76-33-38-19-11-7-12-20-38)48(39-21-13-8-14-22-39)63-54(68)40-23-15-9-16-24-40)32-62(73)53(83-55(69)41-25-17-10-18-26-41)51-60(6,52(67)49(78-36(2)65)47(35)59(62,4)5)45(31-46-61(51,34-77-46)84-37(3)66)81-58(72)79-43-29-27-42(28-30-43)64(74)75/h7-30,44-46,48-51,53,73H,31-34H2,1-6H3,(H,63,68)/t44-,45-,46?,48-,49+,50+,51-,53-,60?,61-,62+/m0/s1. The summed E-state index contributed by atoms with van der Waals surface area (Å²) in [7, 11) is 0. The molecule has 1 aliphatic heterocycles. The molecule has 2 saturated carbocycles. The van der Waals surface area contributed by atoms with E-state index in [1.165, 1.54) is 52.0 Å². The van der Waals surface area contributed by atoms with Gasteiger partial charge in [0.15, 0.2) is 17.5 Å². The zero-order valence-corrected chi connectivity index (χ0v) is 46.5. The number of fused-ring (bicyclic) bond motifs is 5. The highest BCUT2D eigenvalue weighted by atomic mass is 16.7. The molecule has 3 aliphatic carbocycles. The van der Waals surface area contributed by atoms with E-state index in [-0.39, 0.29) is 45.9 Å². The normalized spacial score (nSPS) is 26.2. The number of esters is 4. The highest BCUT2D eigenvalue weighted by molar-refractivity contribution is 5.97. The Morgan fingerprint density at radius 3 is 1.92 bits per heavy atom. The number of nitrogens with one attached hydrogen (secondary N) is 1. The number of nitrogens with zero attached hydrogens (tertiary/aromatic N) is 1. The van der Waals surface area contributed by atoms with Crippen molar-refractivity contribution < 1.29 is 91.0 Å². The molecule has 22 heteroatoms. The minimum absolute atomic E-state index is 0.0215. The third-order valence-corrected chi connectivity index (χ3v) is 16.3. The lowest BCUT2D eigenvalue weighted by Gasteiger charge is -2.67. The number of Topliss-reactive ketones (excluding diaryl/α,β-unsaturated/α-hetero) is 1. The maximum absolute atomic E-state index is 16.4. The molecule has 9 rings (SSSR count). The van der Waals surface area contributed by atoms with Crippen LogP contribution < -0.4 is 10.1 Å². The summed E-state index contributed by atoms with van der Waals surface area (Å²) in [6.45, 7) is 7.08. The quantitative estimate of drug-likeness (QED) is 0.0235. The molecule has 5 aromatic carbocycles. The molecule has 0 radical (unpaired) electrons. The molecule has 2 bridgehead atoms. The zero-order valence-electron chi connectivity index (χ0n) is 46.5. The fraction of sp³-hybridized carbons (Fsp3) is 0.355. The fourth-order valence-corrected chi connectivity index (χ4v) is 12.2. The van der Waals surface area contributed by atoms with E-state index in [2.05, 4.69) is 5.32 Å². The summed E-state index contributed by atoms with van der Waals surface area (Å²) in [6.07, 6.45) is -14.8. The molecule has 1 amide bonds. The van der Waals surface area contributed by atoms with Crippen molar-refractivity contribution in [3.05, 3.63) is 189 Å². The van der Waals surface area contributed by atoms with Crippen molar-refractivity contribution in [2.24, 2.45) is 16.7 Å². The van der Waals surface area contributed by atoms with Crippen LogP contribution in [0.15, 0.2) is 157 Å². The second-order valence-corrected chi connectivity index (χ2v) is 21.7. The number of carbonyl (C=O) groups excluding carboxylic acids is 8. The van der Waals surface area contributed by atoms with E-state index >= 15 is 9.59 Å². The number of ketones is 1. The van der Waals surface area contributed by atoms with Crippen LogP contribution in [0.25, 0.3) is 0 Å². The Labute approximate surface area is 481 Å². The number of benzene rings is 5. The second-order valence-electron chi connectivity index (χ2n) is 21.7. The van der Waals surface area contributed by atoms with Crippen LogP contribution in [0.1, 0.15) is 92.3 Å². The molecule has 22 nitrogen and oxygen atoms in total. The third kappa shape index (κ3) is 11.5. The Kier molecular flexibility index (Phi) is 16.9. The Morgan fingerprint density at radius 2 is 1.35 bits per heavy atom. The zero-order chi connectivity index (χ0) is 60.3. The maximum Gasteiger partial charge on any atom is 0.514 e. The van der Waals surface area contributed by atoms with Crippen molar-refractivity contribution in [3.8, 4) is 5.75 Å². The summed E-state index contributed by atoms with van der Waals surface area (Å²) < 4.78 is 54.3. The Hall–Kier alpha value is -9.28. The largest absolute Gasteiger partial charge is 0.514 e. The van der Waals surface area contributed by atoms with Crippen LogP contribution in [-0.4, -0.2) is 112 Å². The maximum atomic E-state index is 16.4. The number of ether oxygens (including phenoxy) is 9. The van der Waals surface area contributed by atoms with Gasteiger partial charge in [-0.2, -0.15) is 0 Å². The van der Waals surface area contributed by atoms with E-state index in [0.717, 1.165) is 38.1 Å². The fourth-order valence-electron chi connectivity index (χ4n) is 12.2. The molecule has 1 heterocycles. The lowest BCUT2D eigenvalue weighted by Crippen LogP contribution is -2.82. The number of nitro groups is 1. The number of carbonyl (C=O) groups is 8. The van der Waals surface area contributed by atoms with Gasteiger partial charge in [0.2, 0.25) is 6.10 Å². The Morgan fingerprint density at radius 1 is 0.750 bits per heavy atom. The summed E-state index contributed by atoms with van der Waals surface area (Å²) in [5.74, 6) is -8.05. The predicted molar refractivity (Wildman–Crippen MR) is 291 cm³/mol. The van der Waals surface area contributed by atoms with Crippen molar-refractivity contribution in [1.82, 2.24) is 5.32 Å². The predicted octanol–water partition coefficient (Wildman–Crippen LogP) is 8.23. The van der Waals surface area contributed by atoms with Gasteiger partial charge in [-0.1, -0.05) is 111 Å². The summed E-state index contributed by atoms with van der Waals surface area (Å²) in [5.41, 5.74) is -8.38. The molecule has 11 atom stereocenters. The van der Waals surface area contributed by atoms with Crippen LogP contribution in [0.2, 0.25) is 0 Å². The van der Waals surface area contributed by atoms with Crippen LogP contribution in [-0.2, 0) is 63.7 Å². The third-order valence-electron chi connectivity index (χ3n) is 16.3. The van der Waals surface area contributed by atoms with Gasteiger partial charge in [0.1, 0.15) is 48.4 Å². The van der Waals surface area contributed by atoms with E-state index in [9.17, 15) is 44.0 Å². The van der Waals surface area contributed by atoms with Gasteiger partial charge in [-0.25, -0.2) is 19.2 Å². The number of hydrogen-bond acceptors (Lipinski definition) is 20. The molecule has 84 heavy (non-hydrogen) atoms. The summed E-state index contributed by atoms with van der Waals surface area (Å²) >= 11 is 0. The first-order valence-electron chi connectivity index (χ1n) is 26.8. The number of non-ortho nitro benzene ring substituents is 1. The van der Waals surface area contributed by atoms with Crippen molar-refractivity contribution >= 4 is 53.6 Å². The molecule has 2 N–H and O–H groups in total. The van der Waals surface area contributed by atoms with E-state index in [1.54, 1.807) is 97.1 Å². The van der Waals surface area contributed by atoms with Crippen LogP contribution in [0, 0.1) is 26.9 Å². The van der Waals surface area contributed by atoms with Gasteiger partial charge >= 0.3 is 36.2 Å². The van der Waals surface area contributed by atoms with Crippen molar-refractivity contribution in [2.75, 3.05) is 6.61 Å². The Balaban J connectivity index is 1.20. The highest BCUT2D eigenvalue weighted by Gasteiger charge is 2.79. The van der Waals surface area contributed by atoms with Crippen molar-refractivity contribution in [2.45, 2.75) is 115 Å². The lowest BCUT2D eigenvalue weighted by atomic mass is 9.44. The molecule has 2 unspecified atom stereocenters. The molecule has 0 spiro atoms. The van der Waals surface area contributed by atoms with Gasteiger partial charge in [0.25, 0.3) is 11.6 Å². The van der Waals surface area contributed by atoms with E-state index < -0.39 is 143 Å². The topological polar surface area (TPSA) is 295 Å². The average molecular weight is 1150 g/mol. The van der Waals surface area contributed by atoms with Gasteiger partial charge in [-0.05, 0) is 72.5 Å². The van der Waals surface area contributed by atoms with Crippen molar-refractivity contribution in [1.29, 1.82) is 0 Å². The SMILES string of the molecule is CC(=O)O[C@H]1C(=O)C2(C)[C@@H](OC(=O)Oc3ccc([N+](=O)[O-])cc3)CC3OC[C@@]3(OC(C)=O)[C@H]2[C@H](OC(=O)c2ccccc2)[C@]2(O)C[C@H](OC(=O)[C@H](OC(=O)OCc3ccccc3)[C@@H](NC(=O)c3ccccc3)c3ccccc3)C(C)=C1C2(C)C. The minimum Gasteiger partial charge on any atom is -0.455 e. The number of rotatable bonds is 16. The number of hydrogen-bond donors (Lipinski definition) is 2. The van der Waals surface area contributed by atoms with Crippen LogP contribution in [0.4, 0.5) is 15.3 Å². The number of aliphatic hydroxyl groups is 1.